The van der Waals surface area contributed by atoms with E-state index in [0.29, 0.717) is 17.1 Å². The fraction of sp³-hybridized carbons (Fsp3) is 0.211. The van der Waals surface area contributed by atoms with Crippen molar-refractivity contribution < 1.29 is 19.4 Å². The number of ether oxygens (including phenoxy) is 2. The van der Waals surface area contributed by atoms with Crippen LogP contribution in [0.1, 0.15) is 11.1 Å². The van der Waals surface area contributed by atoms with Gasteiger partial charge in [0.1, 0.15) is 11.5 Å². The van der Waals surface area contributed by atoms with Gasteiger partial charge in [-0.1, -0.05) is 15.9 Å². The molecule has 2 aromatic carbocycles. The van der Waals surface area contributed by atoms with Crippen LogP contribution in [0.15, 0.2) is 34.8 Å². The zero-order valence-corrected chi connectivity index (χ0v) is 15.7. The van der Waals surface area contributed by atoms with Crippen LogP contribution in [0.3, 0.4) is 0 Å². The molecule has 6 heteroatoms. The van der Waals surface area contributed by atoms with E-state index in [0.717, 1.165) is 32.2 Å². The number of H-pyrrole nitrogens is 1. The Hall–Kier alpha value is -2.47. The first-order valence-corrected chi connectivity index (χ1v) is 8.48. The molecule has 0 fully saturated rings. The molecular formula is C19H18BrNO4. The summed E-state index contributed by atoms with van der Waals surface area (Å²) < 4.78 is 11.7. The highest BCUT2D eigenvalue weighted by Gasteiger charge is 2.20. The van der Waals surface area contributed by atoms with Crippen LogP contribution in [0.5, 0.6) is 11.5 Å². The van der Waals surface area contributed by atoms with E-state index in [-0.39, 0.29) is 6.42 Å². The minimum absolute atomic E-state index is 0.0996. The van der Waals surface area contributed by atoms with Crippen LogP contribution in [0, 0.1) is 6.92 Å². The van der Waals surface area contributed by atoms with Crippen molar-refractivity contribution in [3.05, 3.63) is 45.9 Å². The molecule has 0 aliphatic rings. The lowest BCUT2D eigenvalue weighted by Crippen LogP contribution is -2.01. The van der Waals surface area contributed by atoms with Crippen LogP contribution < -0.4 is 9.47 Å². The third-order valence-corrected chi connectivity index (χ3v) is 4.67. The van der Waals surface area contributed by atoms with Gasteiger partial charge in [-0.2, -0.15) is 0 Å². The predicted molar refractivity (Wildman–Crippen MR) is 101 cm³/mol. The zero-order valence-electron chi connectivity index (χ0n) is 14.1. The predicted octanol–water partition coefficient (Wildman–Crippen LogP) is 4.55. The standard InChI is InChI=1S/C19H18BrNO4/c1-10-6-12(24-2)8-13-14(9-17(22)23)19(21-18(10)13)15-7-11(20)4-5-16(15)25-3/h4-8,21H,9H2,1-3H3,(H,22,23). The molecule has 0 aliphatic carbocycles. The summed E-state index contributed by atoms with van der Waals surface area (Å²) in [5, 5.41) is 10.3. The van der Waals surface area contributed by atoms with Crippen molar-refractivity contribution >= 4 is 32.8 Å². The lowest BCUT2D eigenvalue weighted by Gasteiger charge is -2.10. The normalized spacial score (nSPS) is 10.9. The Bertz CT molecular complexity index is 962. The summed E-state index contributed by atoms with van der Waals surface area (Å²) in [4.78, 5) is 14.9. The van der Waals surface area contributed by atoms with Crippen LogP contribution >= 0.6 is 15.9 Å². The summed E-state index contributed by atoms with van der Waals surface area (Å²) in [5.74, 6) is 0.478. The zero-order chi connectivity index (χ0) is 18.1. The fourth-order valence-electron chi connectivity index (χ4n) is 3.05. The molecule has 3 aromatic rings. The molecule has 0 bridgehead atoms. The fourth-order valence-corrected chi connectivity index (χ4v) is 3.41. The van der Waals surface area contributed by atoms with Crippen molar-refractivity contribution in [2.45, 2.75) is 13.3 Å². The molecule has 1 heterocycles. The topological polar surface area (TPSA) is 71.5 Å². The smallest absolute Gasteiger partial charge is 0.307 e. The summed E-state index contributed by atoms with van der Waals surface area (Å²) in [7, 11) is 3.20. The van der Waals surface area contributed by atoms with Gasteiger partial charge in [-0.25, -0.2) is 0 Å². The Labute approximate surface area is 153 Å². The maximum absolute atomic E-state index is 11.5. The summed E-state index contributed by atoms with van der Waals surface area (Å²) in [5.41, 5.74) is 4.14. The van der Waals surface area contributed by atoms with E-state index in [9.17, 15) is 9.90 Å². The van der Waals surface area contributed by atoms with Gasteiger partial charge in [-0.15, -0.1) is 0 Å². The van der Waals surface area contributed by atoms with Crippen molar-refractivity contribution in [2.75, 3.05) is 14.2 Å². The Kier molecular flexibility index (Phi) is 4.72. The Morgan fingerprint density at radius 3 is 2.60 bits per heavy atom. The van der Waals surface area contributed by atoms with Crippen LogP contribution in [0.25, 0.3) is 22.2 Å². The second-order valence-corrected chi connectivity index (χ2v) is 6.68. The van der Waals surface area contributed by atoms with Gasteiger partial charge < -0.3 is 19.6 Å². The molecule has 0 unspecified atom stereocenters. The number of fused-ring (bicyclic) bond motifs is 1. The molecule has 0 spiro atoms. The van der Waals surface area contributed by atoms with E-state index in [1.807, 2.05) is 37.3 Å². The van der Waals surface area contributed by atoms with Gasteiger partial charge in [0, 0.05) is 20.9 Å². The van der Waals surface area contributed by atoms with Crippen molar-refractivity contribution in [1.29, 1.82) is 0 Å². The van der Waals surface area contributed by atoms with Gasteiger partial charge in [0.05, 0.1) is 26.3 Å². The third kappa shape index (κ3) is 3.22. The van der Waals surface area contributed by atoms with Crippen LogP contribution in [-0.4, -0.2) is 30.3 Å². The molecule has 5 nitrogen and oxygen atoms in total. The van der Waals surface area contributed by atoms with Crippen molar-refractivity contribution in [1.82, 2.24) is 4.98 Å². The van der Waals surface area contributed by atoms with Crippen molar-refractivity contribution in [2.24, 2.45) is 0 Å². The number of hydrogen-bond donors (Lipinski definition) is 2. The van der Waals surface area contributed by atoms with Crippen LogP contribution in [-0.2, 0) is 11.2 Å². The van der Waals surface area contributed by atoms with Crippen molar-refractivity contribution in [3.8, 4) is 22.8 Å². The molecule has 0 saturated heterocycles. The molecule has 0 saturated carbocycles. The monoisotopic (exact) mass is 403 g/mol. The quantitative estimate of drug-likeness (QED) is 0.655. The highest BCUT2D eigenvalue weighted by atomic mass is 79.9. The van der Waals surface area contributed by atoms with Crippen LogP contribution in [0.4, 0.5) is 0 Å². The highest BCUT2D eigenvalue weighted by molar-refractivity contribution is 9.10. The number of carboxylic acid groups (broad SMARTS) is 1. The number of methoxy groups -OCH3 is 2. The molecule has 25 heavy (non-hydrogen) atoms. The largest absolute Gasteiger partial charge is 0.497 e. The maximum Gasteiger partial charge on any atom is 0.307 e. The van der Waals surface area contributed by atoms with E-state index in [4.69, 9.17) is 9.47 Å². The molecule has 3 rings (SSSR count). The second kappa shape index (κ2) is 6.80. The minimum Gasteiger partial charge on any atom is -0.497 e. The number of aromatic amines is 1. The summed E-state index contributed by atoms with van der Waals surface area (Å²) in [6.07, 6.45) is -0.0996. The number of aliphatic carboxylic acids is 1. The molecule has 130 valence electrons. The summed E-state index contributed by atoms with van der Waals surface area (Å²) in [6.45, 7) is 1.97. The third-order valence-electron chi connectivity index (χ3n) is 4.18. The highest BCUT2D eigenvalue weighted by Crippen LogP contribution is 2.39. The van der Waals surface area contributed by atoms with Crippen molar-refractivity contribution in [3.63, 3.8) is 0 Å². The number of hydrogen-bond acceptors (Lipinski definition) is 3. The minimum atomic E-state index is -0.892. The number of nitrogens with one attached hydrogen (secondary N) is 1. The first-order chi connectivity index (χ1) is 11.9. The number of benzene rings is 2. The van der Waals surface area contributed by atoms with Gasteiger partial charge in [0.25, 0.3) is 0 Å². The van der Waals surface area contributed by atoms with Crippen LogP contribution in [0.2, 0.25) is 0 Å². The molecule has 1 aromatic heterocycles. The van der Waals surface area contributed by atoms with E-state index in [1.54, 1.807) is 14.2 Å². The lowest BCUT2D eigenvalue weighted by molar-refractivity contribution is -0.136. The van der Waals surface area contributed by atoms with Gasteiger partial charge in [-0.05, 0) is 48.4 Å². The first kappa shape index (κ1) is 17.4. The number of aryl methyl sites for hydroxylation is 1. The van der Waals surface area contributed by atoms with Gasteiger partial charge in [-0.3, -0.25) is 4.79 Å². The van der Waals surface area contributed by atoms with E-state index < -0.39 is 5.97 Å². The summed E-state index contributed by atoms with van der Waals surface area (Å²) >= 11 is 3.47. The number of carboxylic acids is 1. The lowest BCUT2D eigenvalue weighted by atomic mass is 10.0. The molecule has 0 amide bonds. The molecular weight excluding hydrogens is 386 g/mol. The van der Waals surface area contributed by atoms with E-state index in [2.05, 4.69) is 20.9 Å². The number of halogens is 1. The second-order valence-electron chi connectivity index (χ2n) is 5.76. The van der Waals surface area contributed by atoms with Gasteiger partial charge in [0.2, 0.25) is 0 Å². The maximum atomic E-state index is 11.5. The molecule has 0 aliphatic heterocycles. The molecule has 2 N–H and O–H groups in total. The molecule has 0 radical (unpaired) electrons. The number of aromatic nitrogens is 1. The SMILES string of the molecule is COc1cc(C)c2[nH]c(-c3cc(Br)ccc3OC)c(CC(=O)O)c2c1. The Morgan fingerprint density at radius 1 is 1.20 bits per heavy atom. The van der Waals surface area contributed by atoms with E-state index in [1.165, 1.54) is 0 Å². The average Bonchev–Trinajstić information content (AvgIpc) is 2.93. The number of carbonyl (C=O) groups is 1. The Balaban J connectivity index is 2.36. The van der Waals surface area contributed by atoms with E-state index >= 15 is 0 Å². The average molecular weight is 404 g/mol. The summed E-state index contributed by atoms with van der Waals surface area (Å²) in [6, 6.07) is 9.44. The Morgan fingerprint density at radius 2 is 1.96 bits per heavy atom. The van der Waals surface area contributed by atoms with Gasteiger partial charge in [0.15, 0.2) is 0 Å². The van der Waals surface area contributed by atoms with Gasteiger partial charge >= 0.3 is 5.97 Å². The number of rotatable bonds is 5. The molecule has 0 atom stereocenters. The first-order valence-electron chi connectivity index (χ1n) is 7.69.